The van der Waals surface area contributed by atoms with E-state index in [0.717, 1.165) is 15.7 Å². The second-order valence-corrected chi connectivity index (χ2v) is 6.72. The number of amides is 2. The van der Waals surface area contributed by atoms with E-state index in [4.69, 9.17) is 9.26 Å². The molecule has 0 spiro atoms. The number of nitrogens with zero attached hydrogens (tertiary/aromatic N) is 4. The van der Waals surface area contributed by atoms with Crippen LogP contribution in [0.4, 0.5) is 9.80 Å². The summed E-state index contributed by atoms with van der Waals surface area (Å²) < 4.78 is 10.7. The van der Waals surface area contributed by atoms with Gasteiger partial charge in [0.1, 0.15) is 11.0 Å². The summed E-state index contributed by atoms with van der Waals surface area (Å²) in [5, 5.41) is 8.41. The summed E-state index contributed by atoms with van der Waals surface area (Å²) in [5.41, 5.74) is 0.813. The Labute approximate surface area is 137 Å². The Hall–Kier alpha value is -2.00. The van der Waals surface area contributed by atoms with Crippen LogP contribution in [0.2, 0.25) is 0 Å². The molecular formula is C14H19N5O3S. The van der Waals surface area contributed by atoms with E-state index < -0.39 is 0 Å². The van der Waals surface area contributed by atoms with Gasteiger partial charge in [-0.15, -0.1) is 11.3 Å². The Kier molecular flexibility index (Phi) is 4.31. The number of thiazole rings is 1. The number of nitrogens with one attached hydrogen (secondary N) is 1. The molecule has 1 saturated heterocycles. The lowest BCUT2D eigenvalue weighted by Gasteiger charge is -2.21. The van der Waals surface area contributed by atoms with Gasteiger partial charge in [0.15, 0.2) is 5.82 Å². The van der Waals surface area contributed by atoms with E-state index in [9.17, 15) is 4.79 Å². The molecule has 3 heterocycles. The molecule has 124 valence electrons. The van der Waals surface area contributed by atoms with Crippen LogP contribution in [0.3, 0.4) is 0 Å². The van der Waals surface area contributed by atoms with Gasteiger partial charge in [0.2, 0.25) is 5.89 Å². The number of urea groups is 1. The number of hydrogen-bond donors (Lipinski definition) is 1. The minimum atomic E-state index is -0.282. The highest BCUT2D eigenvalue weighted by molar-refractivity contribution is 7.16. The Balaban J connectivity index is 1.80. The van der Waals surface area contributed by atoms with Gasteiger partial charge in [-0.2, -0.15) is 4.98 Å². The summed E-state index contributed by atoms with van der Waals surface area (Å²) in [7, 11) is 1.64. The van der Waals surface area contributed by atoms with Crippen molar-refractivity contribution in [3.8, 4) is 0 Å². The minimum absolute atomic E-state index is 0.0535. The normalized spacial score (nSPS) is 21.0. The molecule has 2 aromatic rings. The molecule has 1 aliphatic heterocycles. The maximum absolute atomic E-state index is 12.7. The van der Waals surface area contributed by atoms with Crippen molar-refractivity contribution in [2.45, 2.75) is 39.3 Å². The Morgan fingerprint density at radius 2 is 2.17 bits per heavy atom. The molecule has 23 heavy (non-hydrogen) atoms. The molecule has 0 radical (unpaired) electrons. The first kappa shape index (κ1) is 15.9. The van der Waals surface area contributed by atoms with E-state index in [2.05, 4.69) is 20.4 Å². The maximum atomic E-state index is 12.7. The highest BCUT2D eigenvalue weighted by Crippen LogP contribution is 2.33. The number of carbonyl (C=O) groups is 1. The van der Waals surface area contributed by atoms with Gasteiger partial charge in [0, 0.05) is 20.1 Å². The molecule has 2 aromatic heterocycles. The third-order valence-electron chi connectivity index (χ3n) is 3.81. The van der Waals surface area contributed by atoms with Gasteiger partial charge >= 0.3 is 6.03 Å². The van der Waals surface area contributed by atoms with Crippen LogP contribution in [0.5, 0.6) is 0 Å². The molecular weight excluding hydrogens is 318 g/mol. The monoisotopic (exact) mass is 337 g/mol. The van der Waals surface area contributed by atoms with Crippen molar-refractivity contribution >= 4 is 22.4 Å². The minimum Gasteiger partial charge on any atom is -0.380 e. The average molecular weight is 337 g/mol. The first-order valence-corrected chi connectivity index (χ1v) is 8.14. The summed E-state index contributed by atoms with van der Waals surface area (Å²) >= 11 is 1.46. The van der Waals surface area contributed by atoms with Crippen LogP contribution in [0.15, 0.2) is 4.52 Å². The number of hydrogen-bond acceptors (Lipinski definition) is 7. The first-order chi connectivity index (χ1) is 11.0. The number of methoxy groups -OCH3 is 1. The van der Waals surface area contributed by atoms with Gasteiger partial charge in [0.25, 0.3) is 0 Å². The smallest absolute Gasteiger partial charge is 0.323 e. The largest absolute Gasteiger partial charge is 0.380 e. The predicted octanol–water partition coefficient (Wildman–Crippen LogP) is 2.45. The molecule has 0 bridgehead atoms. The van der Waals surface area contributed by atoms with Crippen molar-refractivity contribution in [2.75, 3.05) is 19.0 Å². The predicted molar refractivity (Wildman–Crippen MR) is 84.5 cm³/mol. The highest BCUT2D eigenvalue weighted by Gasteiger charge is 2.39. The van der Waals surface area contributed by atoms with Crippen molar-refractivity contribution in [1.82, 2.24) is 20.0 Å². The molecule has 9 heteroatoms. The lowest BCUT2D eigenvalue weighted by Crippen LogP contribution is -2.35. The van der Waals surface area contributed by atoms with Gasteiger partial charge in [-0.1, -0.05) is 5.16 Å². The molecule has 3 rings (SSSR count). The molecule has 0 aliphatic carbocycles. The standard InChI is InChI=1S/C14H19N5O3S/c1-7-13(23-9(3)15-7)17-14(20)19-6-10(21-4)5-11(19)12-16-8(2)18-22-12/h10-11H,5-6H2,1-4H3,(H,17,20)/t10-,11-/m1/s1. The molecule has 2 atom stereocenters. The van der Waals surface area contributed by atoms with Crippen molar-refractivity contribution in [3.63, 3.8) is 0 Å². The van der Waals surface area contributed by atoms with Crippen LogP contribution in [-0.4, -0.2) is 45.8 Å². The van der Waals surface area contributed by atoms with Gasteiger partial charge in [-0.25, -0.2) is 9.78 Å². The summed E-state index contributed by atoms with van der Waals surface area (Å²) in [6.45, 7) is 6.02. The number of anilines is 1. The zero-order valence-corrected chi connectivity index (χ0v) is 14.3. The van der Waals surface area contributed by atoms with E-state index in [1.165, 1.54) is 11.3 Å². The highest BCUT2D eigenvalue weighted by atomic mass is 32.1. The maximum Gasteiger partial charge on any atom is 0.323 e. The number of aryl methyl sites for hydroxylation is 3. The summed E-state index contributed by atoms with van der Waals surface area (Å²) in [4.78, 5) is 22.9. The van der Waals surface area contributed by atoms with Gasteiger partial charge < -0.3 is 14.2 Å². The fourth-order valence-corrected chi connectivity index (χ4v) is 3.50. The summed E-state index contributed by atoms with van der Waals surface area (Å²) in [5.74, 6) is 0.990. The molecule has 0 saturated carbocycles. The van der Waals surface area contributed by atoms with Gasteiger partial charge in [0.05, 0.1) is 16.8 Å². The van der Waals surface area contributed by atoms with Crippen molar-refractivity contribution in [2.24, 2.45) is 0 Å². The summed E-state index contributed by atoms with van der Waals surface area (Å²) in [6.07, 6.45) is 0.578. The molecule has 0 aromatic carbocycles. The van der Waals surface area contributed by atoms with E-state index >= 15 is 0 Å². The van der Waals surface area contributed by atoms with Crippen LogP contribution < -0.4 is 5.32 Å². The van der Waals surface area contributed by atoms with E-state index in [1.807, 2.05) is 13.8 Å². The van der Waals surface area contributed by atoms with Crippen molar-refractivity contribution in [1.29, 1.82) is 0 Å². The molecule has 2 amide bonds. The third kappa shape index (κ3) is 3.20. The van der Waals surface area contributed by atoms with Crippen molar-refractivity contribution in [3.05, 3.63) is 22.4 Å². The Morgan fingerprint density at radius 3 is 2.74 bits per heavy atom. The van der Waals surface area contributed by atoms with Crippen LogP contribution in [-0.2, 0) is 4.74 Å². The number of aromatic nitrogens is 3. The van der Waals surface area contributed by atoms with Crippen LogP contribution in [0.1, 0.15) is 34.9 Å². The topological polar surface area (TPSA) is 93.4 Å². The average Bonchev–Trinajstić information content (AvgIpc) is 3.18. The molecule has 0 unspecified atom stereocenters. The number of ether oxygens (including phenoxy) is 1. The number of carbonyl (C=O) groups excluding carboxylic acids is 1. The van der Waals surface area contributed by atoms with E-state index in [0.29, 0.717) is 24.7 Å². The second kappa shape index (κ2) is 6.25. The molecule has 1 aliphatic rings. The Bertz CT molecular complexity index is 713. The van der Waals surface area contributed by atoms with Crippen molar-refractivity contribution < 1.29 is 14.1 Å². The lowest BCUT2D eigenvalue weighted by atomic mass is 10.2. The van der Waals surface area contributed by atoms with Crippen LogP contribution >= 0.6 is 11.3 Å². The first-order valence-electron chi connectivity index (χ1n) is 7.32. The van der Waals surface area contributed by atoms with Gasteiger partial charge in [-0.3, -0.25) is 5.32 Å². The lowest BCUT2D eigenvalue weighted by molar-refractivity contribution is 0.111. The van der Waals surface area contributed by atoms with Gasteiger partial charge in [-0.05, 0) is 20.8 Å². The summed E-state index contributed by atoms with van der Waals surface area (Å²) in [6, 6.07) is -0.493. The third-order valence-corrected chi connectivity index (χ3v) is 4.80. The fourth-order valence-electron chi connectivity index (χ4n) is 2.69. The molecule has 8 nitrogen and oxygen atoms in total. The zero-order chi connectivity index (χ0) is 16.6. The SMILES string of the molecule is CO[C@@H]1C[C@H](c2nc(C)no2)N(C(=O)Nc2sc(C)nc2C)C1. The van der Waals surface area contributed by atoms with Crippen LogP contribution in [0.25, 0.3) is 0 Å². The fraction of sp³-hybridized carbons (Fsp3) is 0.571. The van der Waals surface area contributed by atoms with E-state index in [1.54, 1.807) is 18.9 Å². The van der Waals surface area contributed by atoms with E-state index in [-0.39, 0.29) is 18.2 Å². The number of likely N-dealkylation sites (tertiary alicyclic amines) is 1. The van der Waals surface area contributed by atoms with Crippen LogP contribution in [0, 0.1) is 20.8 Å². The number of rotatable bonds is 3. The Morgan fingerprint density at radius 1 is 1.39 bits per heavy atom. The zero-order valence-electron chi connectivity index (χ0n) is 13.5. The quantitative estimate of drug-likeness (QED) is 0.924. The second-order valence-electron chi connectivity index (χ2n) is 5.52. The molecule has 1 fully saturated rings. The molecule has 1 N–H and O–H groups in total.